The number of H-pyrrole nitrogens is 1. The number of carbonyl (C=O) groups excluding carboxylic acids is 1. The summed E-state index contributed by atoms with van der Waals surface area (Å²) in [6.07, 6.45) is -1.24. The first kappa shape index (κ1) is 15.6. The van der Waals surface area contributed by atoms with Gasteiger partial charge in [0.25, 0.3) is 0 Å². The molecule has 1 saturated carbocycles. The Kier molecular flexibility index (Phi) is 3.88. The molecule has 1 aliphatic carbocycles. The highest BCUT2D eigenvalue weighted by Crippen LogP contribution is 2.42. The molecule has 122 valence electrons. The van der Waals surface area contributed by atoms with Gasteiger partial charge in [0.05, 0.1) is 22.6 Å². The molecule has 3 N–H and O–H groups in total. The van der Waals surface area contributed by atoms with Crippen molar-refractivity contribution in [3.8, 4) is 0 Å². The lowest BCUT2D eigenvalue weighted by Crippen LogP contribution is -2.21. The van der Waals surface area contributed by atoms with Crippen LogP contribution in [0.1, 0.15) is 30.1 Å². The highest BCUT2D eigenvalue weighted by Gasteiger charge is 2.35. The van der Waals surface area contributed by atoms with Crippen molar-refractivity contribution in [1.29, 1.82) is 0 Å². The smallest absolute Gasteiger partial charge is 0.305 e. The number of alkyl halides is 3. The Balaban J connectivity index is 1.71. The van der Waals surface area contributed by atoms with E-state index < -0.39 is 22.9 Å². The molecule has 0 aromatic carbocycles. The van der Waals surface area contributed by atoms with Crippen LogP contribution in [0.4, 0.5) is 29.5 Å². The van der Waals surface area contributed by atoms with Gasteiger partial charge in [-0.3, -0.25) is 10.4 Å². The number of pyridine rings is 1. The van der Waals surface area contributed by atoms with Crippen molar-refractivity contribution in [2.24, 2.45) is 0 Å². The molecular formula is C13H11ClF3N5O. The number of aromatic nitrogens is 3. The van der Waals surface area contributed by atoms with Crippen molar-refractivity contribution in [2.75, 3.05) is 10.6 Å². The fourth-order valence-corrected chi connectivity index (χ4v) is 2.27. The van der Waals surface area contributed by atoms with E-state index in [0.29, 0.717) is 11.6 Å². The van der Waals surface area contributed by atoms with Crippen LogP contribution in [0, 0.1) is 0 Å². The summed E-state index contributed by atoms with van der Waals surface area (Å²) in [7, 11) is 0. The van der Waals surface area contributed by atoms with E-state index in [1.807, 2.05) is 0 Å². The predicted molar refractivity (Wildman–Crippen MR) is 77.5 cm³/mol. The molecular weight excluding hydrogens is 335 g/mol. The van der Waals surface area contributed by atoms with E-state index in [2.05, 4.69) is 25.8 Å². The molecule has 0 atom stereocenters. The Morgan fingerprint density at radius 2 is 2.04 bits per heavy atom. The molecule has 0 aliphatic heterocycles. The van der Waals surface area contributed by atoms with Gasteiger partial charge in [0.1, 0.15) is 5.82 Å². The molecule has 2 aromatic heterocycles. The van der Waals surface area contributed by atoms with Crippen LogP contribution in [0.3, 0.4) is 0 Å². The Hall–Kier alpha value is -2.29. The monoisotopic (exact) mass is 345 g/mol. The molecule has 0 spiro atoms. The number of halogens is 4. The fraction of sp³-hybridized carbons (Fsp3) is 0.308. The van der Waals surface area contributed by atoms with Crippen molar-refractivity contribution in [3.05, 3.63) is 34.7 Å². The molecule has 3 rings (SSSR count). The molecule has 2 aromatic rings. The van der Waals surface area contributed by atoms with Crippen LogP contribution < -0.4 is 10.6 Å². The number of nitrogens with zero attached hydrogens (tertiary/aromatic N) is 2. The fourth-order valence-electron chi connectivity index (χ4n) is 2.06. The van der Waals surface area contributed by atoms with Gasteiger partial charge in [-0.25, -0.2) is 9.78 Å². The minimum atomic E-state index is -4.70. The van der Waals surface area contributed by atoms with Gasteiger partial charge in [-0.15, -0.1) is 0 Å². The maximum absolute atomic E-state index is 12.7. The predicted octanol–water partition coefficient (Wildman–Crippen LogP) is 4.00. The summed E-state index contributed by atoms with van der Waals surface area (Å²) in [4.78, 5) is 15.2. The molecule has 0 unspecified atom stereocenters. The van der Waals surface area contributed by atoms with Gasteiger partial charge >= 0.3 is 12.2 Å². The third-order valence-corrected chi connectivity index (χ3v) is 3.56. The molecule has 1 fully saturated rings. The maximum atomic E-state index is 12.7. The van der Waals surface area contributed by atoms with Crippen molar-refractivity contribution in [3.63, 3.8) is 0 Å². The average Bonchev–Trinajstić information content (AvgIpc) is 3.20. The summed E-state index contributed by atoms with van der Waals surface area (Å²) in [5.74, 6) is 0.0778. The number of carbonyl (C=O) groups is 1. The maximum Gasteiger partial charge on any atom is 0.434 e. The number of urea groups is 1. The van der Waals surface area contributed by atoms with Crippen LogP contribution in [-0.4, -0.2) is 21.2 Å². The molecule has 0 bridgehead atoms. The third kappa shape index (κ3) is 3.55. The second-order valence-electron chi connectivity index (χ2n) is 5.08. The number of aromatic amines is 1. The molecule has 0 saturated heterocycles. The molecule has 6 nitrogen and oxygen atoms in total. The third-order valence-electron chi connectivity index (χ3n) is 3.26. The minimum Gasteiger partial charge on any atom is -0.305 e. The van der Waals surface area contributed by atoms with Gasteiger partial charge in [-0.2, -0.15) is 18.3 Å². The lowest BCUT2D eigenvalue weighted by molar-refractivity contribution is -0.141. The summed E-state index contributed by atoms with van der Waals surface area (Å²) in [6, 6.07) is 1.51. The van der Waals surface area contributed by atoms with E-state index in [-0.39, 0.29) is 5.82 Å². The first-order valence-electron chi connectivity index (χ1n) is 6.69. The average molecular weight is 346 g/mol. The molecule has 10 heteroatoms. The van der Waals surface area contributed by atoms with Crippen molar-refractivity contribution < 1.29 is 18.0 Å². The number of hydrogen-bond acceptors (Lipinski definition) is 3. The number of anilines is 2. The topological polar surface area (TPSA) is 82.7 Å². The Labute approximate surface area is 133 Å². The van der Waals surface area contributed by atoms with E-state index in [1.165, 1.54) is 12.3 Å². The molecule has 2 heterocycles. The summed E-state index contributed by atoms with van der Waals surface area (Å²) < 4.78 is 38.2. The molecule has 2 amide bonds. The van der Waals surface area contributed by atoms with E-state index in [4.69, 9.17) is 11.6 Å². The van der Waals surface area contributed by atoms with E-state index in [0.717, 1.165) is 24.6 Å². The van der Waals surface area contributed by atoms with Crippen molar-refractivity contribution in [1.82, 2.24) is 15.2 Å². The van der Waals surface area contributed by atoms with Gasteiger partial charge in [0.15, 0.2) is 5.69 Å². The Morgan fingerprint density at radius 1 is 1.30 bits per heavy atom. The zero-order valence-electron chi connectivity index (χ0n) is 11.5. The number of rotatable bonds is 3. The summed E-state index contributed by atoms with van der Waals surface area (Å²) >= 11 is 5.47. The number of amides is 2. The van der Waals surface area contributed by atoms with E-state index in [1.54, 1.807) is 0 Å². The minimum absolute atomic E-state index is 0.254. The standard InChI is InChI=1S/C13H11ClF3N5O/c14-7-3-4-9(20-11(7)13(15,16)17)21-12(23)19-8-5-18-22-10(8)6-1-2-6/h3-6H,1-2H2,(H,18,22)(H2,19,20,21,23). The SMILES string of the molecule is O=C(Nc1ccc(Cl)c(C(F)(F)F)n1)Nc1cn[nH]c1C1CC1. The molecule has 1 aliphatic rings. The summed E-state index contributed by atoms with van der Waals surface area (Å²) in [6.45, 7) is 0. The van der Waals surface area contributed by atoms with Crippen LogP contribution in [-0.2, 0) is 6.18 Å². The van der Waals surface area contributed by atoms with Crippen LogP contribution in [0.5, 0.6) is 0 Å². The number of hydrogen-bond donors (Lipinski definition) is 3. The Bertz CT molecular complexity index is 741. The molecule has 23 heavy (non-hydrogen) atoms. The summed E-state index contributed by atoms with van der Waals surface area (Å²) in [5.41, 5.74) is 0.0501. The lowest BCUT2D eigenvalue weighted by Gasteiger charge is -2.11. The van der Waals surface area contributed by atoms with Crippen molar-refractivity contribution in [2.45, 2.75) is 24.9 Å². The zero-order chi connectivity index (χ0) is 16.6. The first-order valence-corrected chi connectivity index (χ1v) is 7.07. The normalized spacial score (nSPS) is 14.6. The van der Waals surface area contributed by atoms with E-state index in [9.17, 15) is 18.0 Å². The molecule has 0 radical (unpaired) electrons. The lowest BCUT2D eigenvalue weighted by atomic mass is 10.2. The second-order valence-corrected chi connectivity index (χ2v) is 5.48. The second kappa shape index (κ2) is 5.73. The number of nitrogens with one attached hydrogen (secondary N) is 3. The van der Waals surface area contributed by atoms with Crippen LogP contribution in [0.25, 0.3) is 0 Å². The van der Waals surface area contributed by atoms with Crippen LogP contribution in [0.15, 0.2) is 18.3 Å². The highest BCUT2D eigenvalue weighted by molar-refractivity contribution is 6.31. The first-order chi connectivity index (χ1) is 10.8. The summed E-state index contributed by atoms with van der Waals surface area (Å²) in [5, 5.41) is 10.9. The largest absolute Gasteiger partial charge is 0.434 e. The van der Waals surface area contributed by atoms with E-state index >= 15 is 0 Å². The van der Waals surface area contributed by atoms with Gasteiger partial charge in [0, 0.05) is 5.92 Å². The highest BCUT2D eigenvalue weighted by atomic mass is 35.5. The Morgan fingerprint density at radius 3 is 2.70 bits per heavy atom. The quantitative estimate of drug-likeness (QED) is 0.786. The van der Waals surface area contributed by atoms with Crippen LogP contribution >= 0.6 is 11.6 Å². The van der Waals surface area contributed by atoms with Gasteiger partial charge in [-0.05, 0) is 25.0 Å². The van der Waals surface area contributed by atoms with Gasteiger partial charge in [-0.1, -0.05) is 11.6 Å². The van der Waals surface area contributed by atoms with Crippen LogP contribution in [0.2, 0.25) is 5.02 Å². The van der Waals surface area contributed by atoms with Gasteiger partial charge in [0.2, 0.25) is 0 Å². The zero-order valence-corrected chi connectivity index (χ0v) is 12.3. The van der Waals surface area contributed by atoms with Crippen molar-refractivity contribution >= 4 is 29.1 Å². The van der Waals surface area contributed by atoms with Gasteiger partial charge < -0.3 is 5.32 Å².